The topological polar surface area (TPSA) is 52.0 Å². The largest absolute Gasteiger partial charge is 0.399 e. The van der Waals surface area contributed by atoms with Gasteiger partial charge in [-0.05, 0) is 121 Å². The Morgan fingerprint density at radius 3 is 2.51 bits per heavy atom. The lowest BCUT2D eigenvalue weighted by molar-refractivity contribution is -0.0496. The van der Waals surface area contributed by atoms with E-state index < -0.39 is 0 Å². The summed E-state index contributed by atoms with van der Waals surface area (Å²) in [4.78, 5) is 0. The van der Waals surface area contributed by atoms with Crippen molar-refractivity contribution in [3.05, 3.63) is 114 Å². The third kappa shape index (κ3) is 4.96. The number of hydrogen-bond acceptors (Lipinski definition) is 2. The van der Waals surface area contributed by atoms with E-state index in [4.69, 9.17) is 11.5 Å². The Hall–Kier alpha value is -2.91. The number of nitrogen functional groups attached to an aromatic ring is 1. The fourth-order valence-corrected chi connectivity index (χ4v) is 10.5. The summed E-state index contributed by atoms with van der Waals surface area (Å²) in [6.45, 7) is 18.1. The zero-order valence-corrected chi connectivity index (χ0v) is 26.7. The minimum absolute atomic E-state index is 0.0500. The van der Waals surface area contributed by atoms with Gasteiger partial charge in [-0.25, -0.2) is 4.39 Å². The third-order valence-electron chi connectivity index (χ3n) is 12.5. The van der Waals surface area contributed by atoms with Gasteiger partial charge in [0.15, 0.2) is 0 Å². The predicted molar refractivity (Wildman–Crippen MR) is 179 cm³/mol. The summed E-state index contributed by atoms with van der Waals surface area (Å²) >= 11 is 0. The first-order valence-corrected chi connectivity index (χ1v) is 16.5. The molecule has 0 saturated heterocycles. The number of hydrogen-bond donors (Lipinski definition) is 2. The lowest BCUT2D eigenvalue weighted by Gasteiger charge is -2.62. The number of rotatable bonds is 7. The molecule has 3 fully saturated rings. The molecule has 0 bridgehead atoms. The Morgan fingerprint density at radius 1 is 1.09 bits per heavy atom. The van der Waals surface area contributed by atoms with E-state index in [1.165, 1.54) is 0 Å². The summed E-state index contributed by atoms with van der Waals surface area (Å²) in [5.74, 6) is 2.08. The third-order valence-corrected chi connectivity index (χ3v) is 12.5. The Balaban J connectivity index is 1.26. The SMILES string of the molecule is C=CC(=C)C1[C@H](CC(C)c2ccc(Cc3ccc(N)cc3)cc2F)CC2C1(C)CCC1C3(C)C=CC(C)C=C3CCC12N. The van der Waals surface area contributed by atoms with Crippen LogP contribution in [0.3, 0.4) is 0 Å². The van der Waals surface area contributed by atoms with Crippen molar-refractivity contribution in [2.24, 2.45) is 46.2 Å². The molecular formula is C40H51FN2. The lowest BCUT2D eigenvalue weighted by atomic mass is 9.44. The van der Waals surface area contributed by atoms with Crippen molar-refractivity contribution < 1.29 is 4.39 Å². The van der Waals surface area contributed by atoms with Crippen LogP contribution in [-0.2, 0) is 6.42 Å². The maximum absolute atomic E-state index is 15.7. The summed E-state index contributed by atoms with van der Waals surface area (Å²) < 4.78 is 15.7. The zero-order chi connectivity index (χ0) is 30.7. The van der Waals surface area contributed by atoms with Crippen LogP contribution in [0.2, 0.25) is 0 Å². The first-order chi connectivity index (χ1) is 20.4. The molecule has 2 aromatic rings. The van der Waals surface area contributed by atoms with Crippen LogP contribution in [0.5, 0.6) is 0 Å². The quantitative estimate of drug-likeness (QED) is 0.195. The van der Waals surface area contributed by atoms with Gasteiger partial charge in [0.05, 0.1) is 0 Å². The second kappa shape index (κ2) is 10.9. The van der Waals surface area contributed by atoms with E-state index in [-0.39, 0.29) is 28.1 Å². The number of anilines is 1. The van der Waals surface area contributed by atoms with E-state index in [1.807, 2.05) is 36.4 Å². The average molecular weight is 579 g/mol. The van der Waals surface area contributed by atoms with Gasteiger partial charge in [0.25, 0.3) is 0 Å². The highest BCUT2D eigenvalue weighted by Crippen LogP contribution is 2.69. The normalized spacial score (nSPS) is 37.1. The number of benzene rings is 2. The molecule has 43 heavy (non-hydrogen) atoms. The fraction of sp³-hybridized carbons (Fsp3) is 0.500. The van der Waals surface area contributed by atoms with Crippen LogP contribution in [0.15, 0.2) is 91.1 Å². The van der Waals surface area contributed by atoms with Crippen LogP contribution in [0, 0.1) is 46.2 Å². The zero-order valence-electron chi connectivity index (χ0n) is 26.7. The smallest absolute Gasteiger partial charge is 0.126 e. The van der Waals surface area contributed by atoms with Crippen LogP contribution in [-0.4, -0.2) is 5.54 Å². The van der Waals surface area contributed by atoms with Crippen LogP contribution in [0.1, 0.15) is 88.8 Å². The van der Waals surface area contributed by atoms with Gasteiger partial charge in [-0.2, -0.15) is 0 Å². The summed E-state index contributed by atoms with van der Waals surface area (Å²) in [7, 11) is 0. The monoisotopic (exact) mass is 578 g/mol. The molecule has 3 saturated carbocycles. The number of nitrogens with two attached hydrogens (primary N) is 2. The highest BCUT2D eigenvalue weighted by molar-refractivity contribution is 5.41. The maximum Gasteiger partial charge on any atom is 0.126 e. The predicted octanol–water partition coefficient (Wildman–Crippen LogP) is 9.53. The Bertz CT molecular complexity index is 1470. The van der Waals surface area contributed by atoms with Crippen molar-refractivity contribution in [3.8, 4) is 0 Å². The van der Waals surface area contributed by atoms with Crippen LogP contribution >= 0.6 is 0 Å². The minimum Gasteiger partial charge on any atom is -0.399 e. The molecule has 2 nitrogen and oxygen atoms in total. The van der Waals surface area contributed by atoms with Crippen LogP contribution < -0.4 is 11.5 Å². The van der Waals surface area contributed by atoms with Gasteiger partial charge in [0, 0.05) is 16.6 Å². The van der Waals surface area contributed by atoms with Gasteiger partial charge in [-0.1, -0.05) is 101 Å². The standard InChI is InChI=1S/C40H51FN2/c1-7-26(3)37-30(21-27(4)33-13-10-29(23-34(33)41)22-28-8-11-32(42)12-9-28)24-36-39(37,6)18-16-35-38(5)17-14-25(2)20-31(38)15-19-40(35,36)43/h7-14,17,20,23,25,27,30,35-37H,1,3,15-16,18-19,21-22,24,42-43H2,2,4-6H3/t25?,27?,30-,35?,36?,37?,38?,39?,40?/m1/s1. The number of allylic oxidation sites excluding steroid dienone is 6. The van der Waals surface area contributed by atoms with Gasteiger partial charge >= 0.3 is 0 Å². The minimum atomic E-state index is -0.212. The van der Waals surface area contributed by atoms with E-state index in [0.717, 1.165) is 66.5 Å². The first-order valence-electron chi connectivity index (χ1n) is 16.5. The average Bonchev–Trinajstić information content (AvgIpc) is 3.27. The fourth-order valence-electron chi connectivity index (χ4n) is 10.5. The molecule has 4 N–H and O–H groups in total. The van der Waals surface area contributed by atoms with E-state index in [2.05, 4.69) is 65.1 Å². The summed E-state index contributed by atoms with van der Waals surface area (Å²) in [5, 5.41) is 0. The molecule has 0 spiro atoms. The Morgan fingerprint density at radius 2 is 1.81 bits per heavy atom. The van der Waals surface area contributed by atoms with Crippen molar-refractivity contribution in [3.63, 3.8) is 0 Å². The molecule has 0 radical (unpaired) electrons. The van der Waals surface area contributed by atoms with Gasteiger partial charge in [0.1, 0.15) is 5.82 Å². The summed E-state index contributed by atoms with van der Waals surface area (Å²) in [6.07, 6.45) is 16.5. The molecule has 2 aromatic carbocycles. The molecule has 6 rings (SSSR count). The van der Waals surface area contributed by atoms with Gasteiger partial charge < -0.3 is 11.5 Å². The Labute approximate surface area is 259 Å². The molecule has 0 aliphatic heterocycles. The second-order valence-corrected chi connectivity index (χ2v) is 15.1. The molecule has 9 atom stereocenters. The van der Waals surface area contributed by atoms with Gasteiger partial charge in [0.2, 0.25) is 0 Å². The molecule has 4 aliphatic carbocycles. The van der Waals surface area contributed by atoms with E-state index in [0.29, 0.717) is 36.0 Å². The summed E-state index contributed by atoms with van der Waals surface area (Å²) in [6, 6.07) is 13.7. The van der Waals surface area contributed by atoms with Gasteiger partial charge in [-0.3, -0.25) is 0 Å². The van der Waals surface area contributed by atoms with Crippen molar-refractivity contribution in [1.29, 1.82) is 0 Å². The molecule has 0 heterocycles. The number of fused-ring (bicyclic) bond motifs is 5. The van der Waals surface area contributed by atoms with Crippen molar-refractivity contribution >= 4 is 5.69 Å². The van der Waals surface area contributed by atoms with Crippen molar-refractivity contribution in [2.75, 3.05) is 5.73 Å². The van der Waals surface area contributed by atoms with Crippen LogP contribution in [0.25, 0.3) is 0 Å². The molecule has 8 unspecified atom stereocenters. The van der Waals surface area contributed by atoms with Crippen molar-refractivity contribution in [1.82, 2.24) is 0 Å². The van der Waals surface area contributed by atoms with Crippen LogP contribution in [0.4, 0.5) is 10.1 Å². The second-order valence-electron chi connectivity index (χ2n) is 15.1. The van der Waals surface area contributed by atoms with E-state index in [1.54, 1.807) is 11.6 Å². The molecule has 0 aromatic heterocycles. The Kier molecular flexibility index (Phi) is 7.65. The van der Waals surface area contributed by atoms with Gasteiger partial charge in [-0.15, -0.1) is 0 Å². The molecule has 3 heteroatoms. The highest BCUT2D eigenvalue weighted by atomic mass is 19.1. The van der Waals surface area contributed by atoms with E-state index in [9.17, 15) is 0 Å². The highest BCUT2D eigenvalue weighted by Gasteiger charge is 2.66. The molecular weight excluding hydrogens is 527 g/mol. The molecule has 4 aliphatic rings. The first kappa shape index (κ1) is 30.1. The molecule has 228 valence electrons. The lowest BCUT2D eigenvalue weighted by Crippen LogP contribution is -2.66. The maximum atomic E-state index is 15.7. The van der Waals surface area contributed by atoms with Crippen molar-refractivity contribution in [2.45, 2.75) is 84.1 Å². The summed E-state index contributed by atoms with van der Waals surface area (Å²) in [5.41, 5.74) is 19.9. The van der Waals surface area contributed by atoms with E-state index >= 15 is 4.39 Å². The molecule has 0 amide bonds. The number of halogens is 1.